The lowest BCUT2D eigenvalue weighted by Crippen LogP contribution is -2.34. The molecule has 0 saturated heterocycles. The average molecular weight is 295 g/mol. The fourth-order valence-electron chi connectivity index (χ4n) is 1.80. The number of hydrogen-bond donors (Lipinski definition) is 1. The van der Waals surface area contributed by atoms with Crippen molar-refractivity contribution >= 4 is 23.6 Å². The summed E-state index contributed by atoms with van der Waals surface area (Å²) < 4.78 is 0. The number of benzene rings is 1. The summed E-state index contributed by atoms with van der Waals surface area (Å²) >= 11 is 1.49. The number of aryl methyl sites for hydroxylation is 2. The second kappa shape index (κ2) is 7.33. The Bertz CT molecular complexity index is 502. The predicted octanol–water partition coefficient (Wildman–Crippen LogP) is 2.57. The Kier molecular flexibility index (Phi) is 6.07. The van der Waals surface area contributed by atoms with Gasteiger partial charge < -0.3 is 10.0 Å². The number of carboxylic acids is 1. The minimum Gasteiger partial charge on any atom is -0.481 e. The van der Waals surface area contributed by atoms with E-state index < -0.39 is 11.9 Å². The van der Waals surface area contributed by atoms with E-state index in [2.05, 4.69) is 6.07 Å². The van der Waals surface area contributed by atoms with E-state index in [1.54, 1.807) is 14.0 Å². The molecule has 0 aliphatic heterocycles. The Balaban J connectivity index is 2.52. The van der Waals surface area contributed by atoms with E-state index in [0.29, 0.717) is 5.75 Å². The summed E-state index contributed by atoms with van der Waals surface area (Å²) in [4.78, 5) is 25.3. The highest BCUT2D eigenvalue weighted by Crippen LogP contribution is 2.23. The largest absolute Gasteiger partial charge is 0.481 e. The highest BCUT2D eigenvalue weighted by Gasteiger charge is 2.17. The van der Waals surface area contributed by atoms with Crippen LogP contribution in [0.25, 0.3) is 0 Å². The van der Waals surface area contributed by atoms with Crippen LogP contribution in [-0.2, 0) is 9.59 Å². The summed E-state index contributed by atoms with van der Waals surface area (Å²) in [5.74, 6) is -1.16. The van der Waals surface area contributed by atoms with Gasteiger partial charge in [0.05, 0.1) is 11.7 Å². The Morgan fingerprint density at radius 2 is 2.00 bits per heavy atom. The Hall–Kier alpha value is -1.49. The van der Waals surface area contributed by atoms with Gasteiger partial charge in [0.25, 0.3) is 0 Å². The average Bonchev–Trinajstić information content (AvgIpc) is 2.37. The van der Waals surface area contributed by atoms with Crippen LogP contribution in [0.4, 0.5) is 0 Å². The molecule has 20 heavy (non-hydrogen) atoms. The van der Waals surface area contributed by atoms with Crippen molar-refractivity contribution in [2.75, 3.05) is 19.3 Å². The molecule has 0 aromatic heterocycles. The Labute approximate surface area is 124 Å². The maximum Gasteiger partial charge on any atom is 0.308 e. The lowest BCUT2D eigenvalue weighted by Gasteiger charge is -2.19. The van der Waals surface area contributed by atoms with Crippen LogP contribution in [0.15, 0.2) is 23.1 Å². The van der Waals surface area contributed by atoms with E-state index >= 15 is 0 Å². The molecule has 4 nitrogen and oxygen atoms in total. The van der Waals surface area contributed by atoms with Crippen molar-refractivity contribution in [2.45, 2.75) is 25.7 Å². The monoisotopic (exact) mass is 295 g/mol. The highest BCUT2D eigenvalue weighted by atomic mass is 32.2. The number of carbonyl (C=O) groups is 2. The first-order valence-corrected chi connectivity index (χ1v) is 7.46. The topological polar surface area (TPSA) is 57.6 Å². The van der Waals surface area contributed by atoms with E-state index in [1.807, 2.05) is 26.0 Å². The molecular weight excluding hydrogens is 274 g/mol. The Morgan fingerprint density at radius 1 is 1.35 bits per heavy atom. The van der Waals surface area contributed by atoms with Gasteiger partial charge in [-0.3, -0.25) is 9.59 Å². The van der Waals surface area contributed by atoms with E-state index in [4.69, 9.17) is 5.11 Å². The molecule has 5 heteroatoms. The first kappa shape index (κ1) is 16.6. The SMILES string of the molecule is Cc1ccc(SCC(=O)N(C)CC(C)C(=O)O)c(C)c1. The van der Waals surface area contributed by atoms with Crippen LogP contribution in [0.2, 0.25) is 0 Å². The zero-order valence-electron chi connectivity index (χ0n) is 12.3. The lowest BCUT2D eigenvalue weighted by molar-refractivity contribution is -0.142. The molecule has 0 bridgehead atoms. The number of amides is 1. The maximum absolute atomic E-state index is 12.0. The van der Waals surface area contributed by atoms with Gasteiger partial charge in [-0.15, -0.1) is 11.8 Å². The maximum atomic E-state index is 12.0. The molecule has 0 aliphatic carbocycles. The highest BCUT2D eigenvalue weighted by molar-refractivity contribution is 8.00. The van der Waals surface area contributed by atoms with Crippen molar-refractivity contribution in [3.8, 4) is 0 Å². The van der Waals surface area contributed by atoms with Gasteiger partial charge in [-0.1, -0.05) is 24.6 Å². The predicted molar refractivity (Wildman–Crippen MR) is 81.1 cm³/mol. The van der Waals surface area contributed by atoms with Gasteiger partial charge in [0.1, 0.15) is 0 Å². The van der Waals surface area contributed by atoms with Crippen molar-refractivity contribution in [2.24, 2.45) is 5.92 Å². The van der Waals surface area contributed by atoms with Gasteiger partial charge in [-0.2, -0.15) is 0 Å². The second-order valence-corrected chi connectivity index (χ2v) is 6.09. The molecule has 0 spiro atoms. The zero-order valence-corrected chi connectivity index (χ0v) is 13.2. The molecule has 1 rings (SSSR count). The van der Waals surface area contributed by atoms with Crippen LogP contribution in [0.1, 0.15) is 18.1 Å². The first-order valence-electron chi connectivity index (χ1n) is 6.48. The molecule has 0 aliphatic rings. The number of rotatable bonds is 6. The summed E-state index contributed by atoms with van der Waals surface area (Å²) in [6, 6.07) is 6.13. The zero-order chi connectivity index (χ0) is 15.3. The molecule has 1 N–H and O–H groups in total. The molecule has 0 fully saturated rings. The number of aliphatic carboxylic acids is 1. The summed E-state index contributed by atoms with van der Waals surface area (Å²) in [6.45, 7) is 5.90. The minimum absolute atomic E-state index is 0.0527. The molecule has 0 saturated carbocycles. The van der Waals surface area contributed by atoms with Crippen LogP contribution in [0.5, 0.6) is 0 Å². The van der Waals surface area contributed by atoms with Crippen LogP contribution in [0, 0.1) is 19.8 Å². The summed E-state index contributed by atoms with van der Waals surface area (Å²) in [7, 11) is 1.64. The van der Waals surface area contributed by atoms with Gasteiger partial charge in [-0.25, -0.2) is 0 Å². The second-order valence-electron chi connectivity index (χ2n) is 5.07. The lowest BCUT2D eigenvalue weighted by atomic mass is 10.2. The van der Waals surface area contributed by atoms with Crippen molar-refractivity contribution < 1.29 is 14.7 Å². The molecule has 1 unspecified atom stereocenters. The fraction of sp³-hybridized carbons (Fsp3) is 0.467. The van der Waals surface area contributed by atoms with Crippen LogP contribution in [-0.4, -0.2) is 41.2 Å². The van der Waals surface area contributed by atoms with Crippen LogP contribution >= 0.6 is 11.8 Å². The molecule has 0 radical (unpaired) electrons. The summed E-state index contributed by atoms with van der Waals surface area (Å²) in [5, 5.41) is 8.84. The fourth-order valence-corrected chi connectivity index (χ4v) is 2.75. The standard InChI is InChI=1S/C15H21NO3S/c1-10-5-6-13(11(2)7-10)20-9-14(17)16(4)8-12(3)15(18)19/h5-7,12H,8-9H2,1-4H3,(H,18,19). The smallest absolute Gasteiger partial charge is 0.308 e. The number of carbonyl (C=O) groups excluding carboxylic acids is 1. The normalized spacial score (nSPS) is 12.0. The molecule has 0 heterocycles. The number of hydrogen-bond acceptors (Lipinski definition) is 3. The van der Waals surface area contributed by atoms with Crippen molar-refractivity contribution in [1.82, 2.24) is 4.90 Å². The van der Waals surface area contributed by atoms with E-state index in [1.165, 1.54) is 22.2 Å². The number of carboxylic acid groups (broad SMARTS) is 1. The van der Waals surface area contributed by atoms with Crippen molar-refractivity contribution in [3.63, 3.8) is 0 Å². The Morgan fingerprint density at radius 3 is 2.55 bits per heavy atom. The van der Waals surface area contributed by atoms with Gasteiger partial charge in [0.2, 0.25) is 5.91 Å². The van der Waals surface area contributed by atoms with Crippen LogP contribution < -0.4 is 0 Å². The molecule has 1 amide bonds. The van der Waals surface area contributed by atoms with E-state index in [-0.39, 0.29) is 12.5 Å². The summed E-state index contributed by atoms with van der Waals surface area (Å²) in [5.41, 5.74) is 2.36. The molecule has 1 aromatic carbocycles. The molecule has 1 atom stereocenters. The number of thioether (sulfide) groups is 1. The third kappa shape index (κ3) is 4.89. The molecule has 110 valence electrons. The van der Waals surface area contributed by atoms with E-state index in [9.17, 15) is 9.59 Å². The quantitative estimate of drug-likeness (QED) is 0.820. The van der Waals surface area contributed by atoms with E-state index in [0.717, 1.165) is 10.5 Å². The molecule has 1 aromatic rings. The van der Waals surface area contributed by atoms with Crippen LogP contribution in [0.3, 0.4) is 0 Å². The van der Waals surface area contributed by atoms with Crippen molar-refractivity contribution in [3.05, 3.63) is 29.3 Å². The van der Waals surface area contributed by atoms with Gasteiger partial charge in [-0.05, 0) is 25.5 Å². The third-order valence-corrected chi connectivity index (χ3v) is 4.24. The summed E-state index contributed by atoms with van der Waals surface area (Å²) in [6.07, 6.45) is 0. The number of nitrogens with zero attached hydrogens (tertiary/aromatic N) is 1. The third-order valence-electron chi connectivity index (χ3n) is 3.08. The van der Waals surface area contributed by atoms with Gasteiger partial charge in [0, 0.05) is 18.5 Å². The van der Waals surface area contributed by atoms with Gasteiger partial charge >= 0.3 is 5.97 Å². The first-order chi connectivity index (χ1) is 9.31. The van der Waals surface area contributed by atoms with Crippen molar-refractivity contribution in [1.29, 1.82) is 0 Å². The molecular formula is C15H21NO3S. The minimum atomic E-state index is -0.883. The van der Waals surface area contributed by atoms with Gasteiger partial charge in [0.15, 0.2) is 0 Å².